The molecule has 1 unspecified atom stereocenters. The first-order valence-electron chi connectivity index (χ1n) is 14.0. The predicted molar refractivity (Wildman–Crippen MR) is 155 cm³/mol. The number of pyridine rings is 1. The molecule has 0 N–H and O–H groups in total. The van der Waals surface area contributed by atoms with Crippen LogP contribution in [0.1, 0.15) is 80.2 Å². The van der Waals surface area contributed by atoms with Crippen LogP contribution in [0.2, 0.25) is 0 Å². The van der Waals surface area contributed by atoms with E-state index in [9.17, 15) is 4.79 Å². The van der Waals surface area contributed by atoms with E-state index in [4.69, 9.17) is 14.5 Å². The average Bonchev–Trinajstić information content (AvgIpc) is 3.23. The van der Waals surface area contributed by atoms with Crippen LogP contribution < -0.4 is 14.5 Å². The largest absolute Gasteiger partial charge is 0.493 e. The van der Waals surface area contributed by atoms with Gasteiger partial charge in [-0.05, 0) is 83.0 Å². The lowest BCUT2D eigenvalue weighted by atomic mass is 9.80. The quantitative estimate of drug-likeness (QED) is 0.197. The summed E-state index contributed by atoms with van der Waals surface area (Å²) in [5.74, 6) is 0.356. The Morgan fingerprint density at radius 1 is 0.868 bits per heavy atom. The van der Waals surface area contributed by atoms with E-state index in [1.165, 1.54) is 0 Å². The lowest BCUT2D eigenvalue weighted by Gasteiger charge is -2.33. The Balaban J connectivity index is 1.98. The molecule has 0 bridgehead atoms. The van der Waals surface area contributed by atoms with E-state index in [-0.39, 0.29) is 5.97 Å². The van der Waals surface area contributed by atoms with Crippen LogP contribution >= 0.6 is 0 Å². The second-order valence-electron chi connectivity index (χ2n) is 9.70. The highest BCUT2D eigenvalue weighted by atomic mass is 16.6. The standard InChI is InChI=1S/C32H41N3O3/c1-7-12-20-37-29-22-25(35(10-4)11-5)16-18-28(29)32(30-26(31(36)38-32)14-13-19-33-30)27-17-15-24(21-23(27)6)34(8-2)9-3/h13-19,21-22H,7-12,20H2,1-6H3. The van der Waals surface area contributed by atoms with Crippen LogP contribution in [0.15, 0.2) is 54.7 Å². The molecule has 202 valence electrons. The van der Waals surface area contributed by atoms with Gasteiger partial charge >= 0.3 is 5.97 Å². The lowest BCUT2D eigenvalue weighted by Crippen LogP contribution is -2.32. The van der Waals surface area contributed by atoms with Crippen molar-refractivity contribution in [3.8, 4) is 5.75 Å². The van der Waals surface area contributed by atoms with E-state index in [1.54, 1.807) is 18.3 Å². The molecule has 38 heavy (non-hydrogen) atoms. The van der Waals surface area contributed by atoms with Gasteiger partial charge in [-0.2, -0.15) is 0 Å². The van der Waals surface area contributed by atoms with E-state index in [1.807, 2.05) is 0 Å². The number of unbranched alkanes of at least 4 members (excludes halogenated alkanes) is 1. The Hall–Kier alpha value is -3.54. The van der Waals surface area contributed by atoms with E-state index in [2.05, 4.69) is 87.7 Å². The maximum atomic E-state index is 13.3. The molecular weight excluding hydrogens is 474 g/mol. The zero-order valence-electron chi connectivity index (χ0n) is 23.7. The van der Waals surface area contributed by atoms with Crippen molar-refractivity contribution >= 4 is 17.3 Å². The minimum atomic E-state index is -1.21. The highest BCUT2D eigenvalue weighted by Crippen LogP contribution is 2.50. The third kappa shape index (κ3) is 4.84. The minimum Gasteiger partial charge on any atom is -0.493 e. The van der Waals surface area contributed by atoms with Crippen molar-refractivity contribution in [2.24, 2.45) is 0 Å². The molecule has 1 aliphatic rings. The van der Waals surface area contributed by atoms with Crippen molar-refractivity contribution in [3.63, 3.8) is 0 Å². The van der Waals surface area contributed by atoms with Gasteiger partial charge in [0.05, 0.1) is 12.2 Å². The first kappa shape index (κ1) is 27.5. The Kier molecular flexibility index (Phi) is 8.60. The first-order chi connectivity index (χ1) is 18.4. The number of hydrogen-bond acceptors (Lipinski definition) is 6. The molecule has 0 amide bonds. The highest BCUT2D eigenvalue weighted by Gasteiger charge is 2.52. The molecule has 0 saturated heterocycles. The van der Waals surface area contributed by atoms with Crippen LogP contribution in [0.3, 0.4) is 0 Å². The fraction of sp³-hybridized carbons (Fsp3) is 0.438. The molecule has 1 atom stereocenters. The maximum Gasteiger partial charge on any atom is 0.341 e. The molecule has 1 aliphatic heterocycles. The molecule has 6 heteroatoms. The van der Waals surface area contributed by atoms with Gasteiger partial charge in [0.2, 0.25) is 5.60 Å². The zero-order valence-corrected chi connectivity index (χ0v) is 23.7. The van der Waals surface area contributed by atoms with E-state index in [0.29, 0.717) is 17.9 Å². The molecule has 0 radical (unpaired) electrons. The molecule has 2 heterocycles. The van der Waals surface area contributed by atoms with E-state index in [0.717, 1.165) is 72.8 Å². The summed E-state index contributed by atoms with van der Waals surface area (Å²) in [6.45, 7) is 17.1. The van der Waals surface area contributed by atoms with E-state index >= 15 is 0 Å². The van der Waals surface area contributed by atoms with Gasteiger partial charge in [-0.15, -0.1) is 0 Å². The maximum absolute atomic E-state index is 13.3. The molecule has 4 rings (SSSR count). The Morgan fingerprint density at radius 2 is 1.50 bits per heavy atom. The molecule has 1 aromatic heterocycles. The number of benzene rings is 2. The molecule has 0 aliphatic carbocycles. The SMILES string of the molecule is CCCCOc1cc(N(CC)CC)ccc1C1(c2ccc(N(CC)CC)cc2C)OC(=O)c2cccnc21. The van der Waals surface area contributed by atoms with Gasteiger partial charge in [0.15, 0.2) is 0 Å². The molecule has 6 nitrogen and oxygen atoms in total. The average molecular weight is 516 g/mol. The minimum absolute atomic E-state index is 0.368. The van der Waals surface area contributed by atoms with Crippen molar-refractivity contribution in [3.05, 3.63) is 82.7 Å². The van der Waals surface area contributed by atoms with Crippen LogP contribution in [0.25, 0.3) is 0 Å². The molecule has 0 spiro atoms. The second-order valence-corrected chi connectivity index (χ2v) is 9.70. The molecular formula is C32H41N3O3. The van der Waals surface area contributed by atoms with Gasteiger partial charge in [-0.1, -0.05) is 19.4 Å². The van der Waals surface area contributed by atoms with Crippen molar-refractivity contribution < 1.29 is 14.3 Å². The fourth-order valence-corrected chi connectivity index (χ4v) is 5.46. The highest BCUT2D eigenvalue weighted by molar-refractivity contribution is 5.96. The summed E-state index contributed by atoms with van der Waals surface area (Å²) in [6.07, 6.45) is 3.70. The van der Waals surface area contributed by atoms with E-state index < -0.39 is 5.60 Å². The number of aryl methyl sites for hydroxylation is 1. The Morgan fingerprint density at radius 3 is 2.11 bits per heavy atom. The van der Waals surface area contributed by atoms with Gasteiger partial charge in [0, 0.05) is 60.9 Å². The van der Waals surface area contributed by atoms with Crippen molar-refractivity contribution in [1.29, 1.82) is 0 Å². The molecule has 2 aromatic carbocycles. The number of cyclic esters (lactones) is 1. The smallest absolute Gasteiger partial charge is 0.341 e. The summed E-state index contributed by atoms with van der Waals surface area (Å²) < 4.78 is 12.9. The van der Waals surface area contributed by atoms with Gasteiger partial charge in [-0.25, -0.2) is 4.79 Å². The summed E-state index contributed by atoms with van der Waals surface area (Å²) in [7, 11) is 0. The number of carbonyl (C=O) groups excluding carboxylic acids is 1. The number of ether oxygens (including phenoxy) is 2. The van der Waals surface area contributed by atoms with Gasteiger partial charge in [0.25, 0.3) is 0 Å². The number of carbonyl (C=O) groups is 1. The van der Waals surface area contributed by atoms with Gasteiger partial charge in [-0.3, -0.25) is 4.98 Å². The number of hydrogen-bond donors (Lipinski definition) is 0. The van der Waals surface area contributed by atoms with Gasteiger partial charge in [0.1, 0.15) is 11.4 Å². The van der Waals surface area contributed by atoms with Crippen molar-refractivity contribution in [1.82, 2.24) is 4.98 Å². The number of fused-ring (bicyclic) bond motifs is 1. The summed E-state index contributed by atoms with van der Waals surface area (Å²) in [5, 5.41) is 0. The lowest BCUT2D eigenvalue weighted by molar-refractivity contribution is 0.0233. The summed E-state index contributed by atoms with van der Waals surface area (Å²) in [4.78, 5) is 22.7. The Labute approximate surface area is 227 Å². The number of anilines is 2. The topological polar surface area (TPSA) is 54.9 Å². The summed E-state index contributed by atoms with van der Waals surface area (Å²) in [6, 6.07) is 16.2. The first-order valence-corrected chi connectivity index (χ1v) is 14.0. The second kappa shape index (κ2) is 11.9. The van der Waals surface area contributed by atoms with Crippen LogP contribution in [-0.2, 0) is 10.3 Å². The zero-order chi connectivity index (χ0) is 27.3. The van der Waals surface area contributed by atoms with Crippen LogP contribution in [0, 0.1) is 6.92 Å². The molecule has 0 saturated carbocycles. The molecule has 0 fully saturated rings. The summed E-state index contributed by atoms with van der Waals surface area (Å²) >= 11 is 0. The number of esters is 1. The van der Waals surface area contributed by atoms with Crippen molar-refractivity contribution in [2.45, 2.75) is 60.0 Å². The predicted octanol–water partition coefficient (Wildman–Crippen LogP) is 6.72. The summed E-state index contributed by atoms with van der Waals surface area (Å²) in [5.41, 5.74) is 4.86. The Bertz CT molecular complexity index is 1270. The van der Waals surface area contributed by atoms with Crippen LogP contribution in [0.4, 0.5) is 11.4 Å². The van der Waals surface area contributed by atoms with Crippen LogP contribution in [-0.4, -0.2) is 43.7 Å². The van der Waals surface area contributed by atoms with Crippen molar-refractivity contribution in [2.75, 3.05) is 42.6 Å². The third-order valence-corrected chi connectivity index (χ3v) is 7.55. The number of nitrogens with zero attached hydrogens (tertiary/aromatic N) is 3. The fourth-order valence-electron chi connectivity index (χ4n) is 5.46. The van der Waals surface area contributed by atoms with Gasteiger partial charge < -0.3 is 19.3 Å². The number of aromatic nitrogens is 1. The number of rotatable bonds is 12. The molecule has 3 aromatic rings. The third-order valence-electron chi connectivity index (χ3n) is 7.55. The van der Waals surface area contributed by atoms with Crippen LogP contribution in [0.5, 0.6) is 5.75 Å². The normalized spacial score (nSPS) is 16.2. The monoisotopic (exact) mass is 515 g/mol.